The topological polar surface area (TPSA) is 88.9 Å². The van der Waals surface area contributed by atoms with Gasteiger partial charge in [0.1, 0.15) is 18.0 Å². The number of rotatable bonds is 7. The summed E-state index contributed by atoms with van der Waals surface area (Å²) < 4.78 is 48.1. The van der Waals surface area contributed by atoms with Gasteiger partial charge in [-0.25, -0.2) is 4.98 Å². The fourth-order valence-electron chi connectivity index (χ4n) is 4.26. The SMILES string of the molecule is COc1cccc([C@@H]2O[C@@H](CCOS(C)(=O)=O)c3nc(C)c(C)n3-c3ccc(Cl)cc32)c1OC. The Balaban J connectivity index is 1.92. The average molecular weight is 507 g/mol. The fourth-order valence-corrected chi connectivity index (χ4v) is 4.84. The van der Waals surface area contributed by atoms with Gasteiger partial charge in [0.25, 0.3) is 10.1 Å². The van der Waals surface area contributed by atoms with E-state index >= 15 is 0 Å². The van der Waals surface area contributed by atoms with Crippen LogP contribution in [-0.2, 0) is 19.0 Å². The first kappa shape index (κ1) is 24.5. The molecule has 34 heavy (non-hydrogen) atoms. The van der Waals surface area contributed by atoms with Crippen molar-refractivity contribution < 1.29 is 26.8 Å². The number of benzene rings is 2. The summed E-state index contributed by atoms with van der Waals surface area (Å²) in [4.78, 5) is 4.78. The molecule has 0 bridgehead atoms. The van der Waals surface area contributed by atoms with Crippen molar-refractivity contribution in [3.8, 4) is 17.2 Å². The number of ether oxygens (including phenoxy) is 3. The molecule has 182 valence electrons. The number of para-hydroxylation sites is 1. The summed E-state index contributed by atoms with van der Waals surface area (Å²) in [5, 5.41) is 0.559. The molecule has 0 N–H and O–H groups in total. The van der Waals surface area contributed by atoms with Crippen LogP contribution in [0, 0.1) is 13.8 Å². The van der Waals surface area contributed by atoms with Crippen molar-refractivity contribution in [2.45, 2.75) is 32.5 Å². The molecular formula is C24H27ClN2O6S. The minimum Gasteiger partial charge on any atom is -0.493 e. The second kappa shape index (κ2) is 9.58. The first-order valence-corrected chi connectivity index (χ1v) is 12.9. The smallest absolute Gasteiger partial charge is 0.264 e. The van der Waals surface area contributed by atoms with Gasteiger partial charge in [0, 0.05) is 28.3 Å². The van der Waals surface area contributed by atoms with Gasteiger partial charge < -0.3 is 14.2 Å². The highest BCUT2D eigenvalue weighted by Gasteiger charge is 2.35. The predicted molar refractivity (Wildman–Crippen MR) is 129 cm³/mol. The zero-order chi connectivity index (χ0) is 24.6. The van der Waals surface area contributed by atoms with Crippen LogP contribution in [0.5, 0.6) is 11.5 Å². The number of methoxy groups -OCH3 is 2. The van der Waals surface area contributed by atoms with Crippen molar-refractivity contribution in [1.82, 2.24) is 9.55 Å². The molecule has 1 aliphatic rings. The number of aryl methyl sites for hydroxylation is 1. The van der Waals surface area contributed by atoms with Crippen molar-refractivity contribution in [2.75, 3.05) is 27.1 Å². The third kappa shape index (κ3) is 4.65. The maximum Gasteiger partial charge on any atom is 0.264 e. The second-order valence-electron chi connectivity index (χ2n) is 8.08. The average Bonchev–Trinajstić information content (AvgIpc) is 3.01. The van der Waals surface area contributed by atoms with Gasteiger partial charge in [-0.05, 0) is 38.1 Å². The zero-order valence-corrected chi connectivity index (χ0v) is 21.2. The maximum atomic E-state index is 11.6. The third-order valence-corrected chi connectivity index (χ3v) is 6.69. The second-order valence-corrected chi connectivity index (χ2v) is 10.2. The molecule has 0 saturated carbocycles. The van der Waals surface area contributed by atoms with Crippen LogP contribution in [0.3, 0.4) is 0 Å². The monoisotopic (exact) mass is 506 g/mol. The Labute approximate surface area is 204 Å². The Morgan fingerprint density at radius 3 is 2.56 bits per heavy atom. The molecule has 4 rings (SSSR count). The molecule has 2 heterocycles. The maximum absolute atomic E-state index is 11.6. The Hall–Kier alpha value is -2.59. The van der Waals surface area contributed by atoms with Crippen molar-refractivity contribution in [3.05, 3.63) is 69.8 Å². The van der Waals surface area contributed by atoms with Gasteiger partial charge in [0.05, 0.1) is 38.5 Å². The van der Waals surface area contributed by atoms with Gasteiger partial charge in [-0.2, -0.15) is 8.42 Å². The molecule has 0 unspecified atom stereocenters. The lowest BCUT2D eigenvalue weighted by Crippen LogP contribution is -2.15. The van der Waals surface area contributed by atoms with E-state index in [1.54, 1.807) is 14.2 Å². The van der Waals surface area contributed by atoms with Crippen molar-refractivity contribution >= 4 is 21.7 Å². The van der Waals surface area contributed by atoms with Crippen LogP contribution in [0.25, 0.3) is 5.69 Å². The molecule has 3 aromatic rings. The highest BCUT2D eigenvalue weighted by molar-refractivity contribution is 7.85. The van der Waals surface area contributed by atoms with E-state index in [4.69, 9.17) is 35.0 Å². The third-order valence-electron chi connectivity index (χ3n) is 5.86. The molecule has 2 aromatic carbocycles. The fraction of sp³-hybridized carbons (Fsp3) is 0.375. The van der Waals surface area contributed by atoms with Crippen molar-refractivity contribution in [1.29, 1.82) is 0 Å². The molecule has 10 heteroatoms. The number of imidazole rings is 1. The van der Waals surface area contributed by atoms with Gasteiger partial charge in [-0.3, -0.25) is 8.75 Å². The van der Waals surface area contributed by atoms with E-state index in [1.165, 1.54) is 0 Å². The number of hydrogen-bond donors (Lipinski definition) is 0. The van der Waals surface area contributed by atoms with Crippen LogP contribution < -0.4 is 9.47 Å². The van der Waals surface area contributed by atoms with Gasteiger partial charge >= 0.3 is 0 Å². The Kier molecular flexibility index (Phi) is 6.91. The summed E-state index contributed by atoms with van der Waals surface area (Å²) in [7, 11) is -0.443. The highest BCUT2D eigenvalue weighted by Crippen LogP contribution is 2.46. The minimum atomic E-state index is -3.60. The van der Waals surface area contributed by atoms with Gasteiger partial charge in [0.2, 0.25) is 0 Å². The van der Waals surface area contributed by atoms with Crippen molar-refractivity contribution in [2.24, 2.45) is 0 Å². The number of nitrogens with zero attached hydrogens (tertiary/aromatic N) is 2. The molecule has 1 aliphatic heterocycles. The number of fused-ring (bicyclic) bond motifs is 3. The first-order valence-electron chi connectivity index (χ1n) is 10.7. The van der Waals surface area contributed by atoms with E-state index in [9.17, 15) is 8.42 Å². The summed E-state index contributed by atoms with van der Waals surface area (Å²) in [6.07, 6.45) is 0.135. The van der Waals surface area contributed by atoms with E-state index in [-0.39, 0.29) is 13.0 Å². The van der Waals surface area contributed by atoms with Crippen LogP contribution >= 0.6 is 11.6 Å². The molecular weight excluding hydrogens is 480 g/mol. The lowest BCUT2D eigenvalue weighted by molar-refractivity contribution is -0.00747. The van der Waals surface area contributed by atoms with E-state index in [2.05, 4.69) is 0 Å². The van der Waals surface area contributed by atoms with Crippen LogP contribution in [0.1, 0.15) is 47.0 Å². The molecule has 0 saturated heterocycles. The Bertz CT molecular complexity index is 1320. The van der Waals surface area contributed by atoms with E-state index in [0.717, 1.165) is 34.5 Å². The van der Waals surface area contributed by atoms with Crippen LogP contribution in [0.4, 0.5) is 0 Å². The summed E-state index contributed by atoms with van der Waals surface area (Å²) >= 11 is 6.43. The number of halogens is 1. The molecule has 0 amide bonds. The molecule has 8 nitrogen and oxygen atoms in total. The summed E-state index contributed by atoms with van der Waals surface area (Å²) in [6.45, 7) is 3.87. The summed E-state index contributed by atoms with van der Waals surface area (Å²) in [5.74, 6) is 1.78. The number of aromatic nitrogens is 2. The van der Waals surface area contributed by atoms with Gasteiger partial charge in [-0.15, -0.1) is 0 Å². The van der Waals surface area contributed by atoms with E-state index < -0.39 is 22.3 Å². The lowest BCUT2D eigenvalue weighted by Gasteiger charge is -2.25. The lowest BCUT2D eigenvalue weighted by atomic mass is 9.98. The van der Waals surface area contributed by atoms with Crippen molar-refractivity contribution in [3.63, 3.8) is 0 Å². The molecule has 0 spiro atoms. The predicted octanol–water partition coefficient (Wildman–Crippen LogP) is 4.69. The normalized spacial score (nSPS) is 17.6. The van der Waals surface area contributed by atoms with Crippen LogP contribution in [0.2, 0.25) is 5.02 Å². The molecule has 0 fully saturated rings. The minimum absolute atomic E-state index is 0.0481. The standard InChI is InChI=1S/C24H27ClN2O6S/c1-14-15(2)27-19-10-9-16(25)13-18(19)22(17-7-6-8-20(30-3)23(17)31-4)33-21(24(27)26-14)11-12-32-34(5,28)29/h6-10,13,21-22H,11-12H2,1-5H3/t21-,22-/m0/s1. The Morgan fingerprint density at radius 1 is 1.12 bits per heavy atom. The number of hydrogen-bond acceptors (Lipinski definition) is 7. The first-order chi connectivity index (χ1) is 16.1. The quantitative estimate of drug-likeness (QED) is 0.429. The molecule has 0 radical (unpaired) electrons. The highest BCUT2D eigenvalue weighted by atomic mass is 35.5. The largest absolute Gasteiger partial charge is 0.493 e. The Morgan fingerprint density at radius 2 is 1.88 bits per heavy atom. The summed E-state index contributed by atoms with van der Waals surface area (Å²) in [6, 6.07) is 11.2. The molecule has 0 aliphatic carbocycles. The molecule has 2 atom stereocenters. The van der Waals surface area contributed by atoms with Gasteiger partial charge in [0.15, 0.2) is 11.5 Å². The van der Waals surface area contributed by atoms with Gasteiger partial charge in [-0.1, -0.05) is 23.7 Å². The van der Waals surface area contributed by atoms with Crippen LogP contribution in [-0.4, -0.2) is 45.1 Å². The van der Waals surface area contributed by atoms with Crippen LogP contribution in [0.15, 0.2) is 36.4 Å². The zero-order valence-electron chi connectivity index (χ0n) is 19.7. The summed E-state index contributed by atoms with van der Waals surface area (Å²) in [5.41, 5.74) is 4.26. The van der Waals surface area contributed by atoms with E-state index in [1.807, 2.05) is 54.8 Å². The molecule has 1 aromatic heterocycles. The van der Waals surface area contributed by atoms with E-state index in [0.29, 0.717) is 22.3 Å².